The monoisotopic (exact) mass is 319 g/mol. The van der Waals surface area contributed by atoms with Crippen molar-refractivity contribution >= 4 is 22.8 Å². The van der Waals surface area contributed by atoms with E-state index in [2.05, 4.69) is 30.5 Å². The maximum Gasteiger partial charge on any atom is 0.119 e. The van der Waals surface area contributed by atoms with Crippen LogP contribution in [0.1, 0.15) is 12.1 Å². The zero-order chi connectivity index (χ0) is 15.2. The third-order valence-electron chi connectivity index (χ3n) is 4.29. The standard InChI is InChI=1S/C17H13N5S/c1-2-8-18-13(4-1)17-16(15-5-3-9-22(15)19-17)11-6-7-12-14(10-11)21-23-20-12/h1-2,4,6-8,10H,3,5,9H2. The summed E-state index contributed by atoms with van der Waals surface area (Å²) in [6.45, 7) is 0.982. The van der Waals surface area contributed by atoms with Crippen LogP contribution in [0.2, 0.25) is 0 Å². The average Bonchev–Trinajstić information content (AvgIpc) is 3.30. The largest absolute Gasteiger partial charge is 0.268 e. The number of hydrogen-bond donors (Lipinski definition) is 0. The predicted molar refractivity (Wildman–Crippen MR) is 90.2 cm³/mol. The van der Waals surface area contributed by atoms with E-state index in [9.17, 15) is 0 Å². The van der Waals surface area contributed by atoms with Crippen LogP contribution in [0.4, 0.5) is 0 Å². The van der Waals surface area contributed by atoms with Crippen LogP contribution in [0.25, 0.3) is 33.5 Å². The molecule has 5 nitrogen and oxygen atoms in total. The molecule has 112 valence electrons. The number of aromatic nitrogens is 5. The van der Waals surface area contributed by atoms with Crippen LogP contribution in [-0.2, 0) is 13.0 Å². The van der Waals surface area contributed by atoms with E-state index in [0.717, 1.165) is 47.4 Å². The van der Waals surface area contributed by atoms with Crippen LogP contribution in [-0.4, -0.2) is 23.5 Å². The summed E-state index contributed by atoms with van der Waals surface area (Å²) < 4.78 is 10.8. The number of aryl methyl sites for hydroxylation is 1. The van der Waals surface area contributed by atoms with Gasteiger partial charge in [0.05, 0.1) is 17.4 Å². The Hall–Kier alpha value is -2.60. The molecule has 0 radical (unpaired) electrons. The zero-order valence-electron chi connectivity index (χ0n) is 12.3. The van der Waals surface area contributed by atoms with Crippen LogP contribution in [0.3, 0.4) is 0 Å². The fourth-order valence-corrected chi connectivity index (χ4v) is 3.77. The lowest BCUT2D eigenvalue weighted by Crippen LogP contribution is -1.94. The average molecular weight is 319 g/mol. The Bertz CT molecular complexity index is 1000. The molecular weight excluding hydrogens is 306 g/mol. The minimum atomic E-state index is 0.917. The maximum absolute atomic E-state index is 4.83. The van der Waals surface area contributed by atoms with Gasteiger partial charge in [0.2, 0.25) is 0 Å². The number of benzene rings is 1. The molecule has 0 saturated heterocycles. The fourth-order valence-electron chi connectivity index (χ4n) is 3.26. The van der Waals surface area contributed by atoms with Crippen LogP contribution in [0.15, 0.2) is 42.6 Å². The van der Waals surface area contributed by atoms with Crippen molar-refractivity contribution in [2.45, 2.75) is 19.4 Å². The van der Waals surface area contributed by atoms with Gasteiger partial charge in [0.15, 0.2) is 0 Å². The van der Waals surface area contributed by atoms with Gasteiger partial charge in [-0.05, 0) is 42.7 Å². The van der Waals surface area contributed by atoms with Crippen molar-refractivity contribution in [3.05, 3.63) is 48.3 Å². The van der Waals surface area contributed by atoms with Gasteiger partial charge < -0.3 is 0 Å². The van der Waals surface area contributed by atoms with Crippen molar-refractivity contribution in [2.75, 3.05) is 0 Å². The van der Waals surface area contributed by atoms with Gasteiger partial charge in [-0.1, -0.05) is 12.1 Å². The highest BCUT2D eigenvalue weighted by molar-refractivity contribution is 7.00. The molecule has 0 aliphatic carbocycles. The molecule has 0 atom stereocenters. The van der Waals surface area contributed by atoms with E-state index in [0.29, 0.717) is 0 Å². The minimum Gasteiger partial charge on any atom is -0.268 e. The molecule has 0 fully saturated rings. The molecule has 0 amide bonds. The molecule has 4 heterocycles. The summed E-state index contributed by atoms with van der Waals surface area (Å²) in [7, 11) is 0. The summed E-state index contributed by atoms with van der Waals surface area (Å²) in [5.41, 5.74) is 7.40. The van der Waals surface area contributed by atoms with Gasteiger partial charge in [-0.3, -0.25) is 9.67 Å². The summed E-state index contributed by atoms with van der Waals surface area (Å²) in [5, 5.41) is 4.83. The number of rotatable bonds is 2. The molecule has 0 saturated carbocycles. The first-order chi connectivity index (χ1) is 11.4. The summed E-state index contributed by atoms with van der Waals surface area (Å²) in [4.78, 5) is 4.50. The first-order valence-corrected chi connectivity index (χ1v) is 8.37. The second-order valence-electron chi connectivity index (χ2n) is 5.68. The Morgan fingerprint density at radius 1 is 1.04 bits per heavy atom. The van der Waals surface area contributed by atoms with Gasteiger partial charge in [0.1, 0.15) is 16.7 Å². The highest BCUT2D eigenvalue weighted by Gasteiger charge is 2.24. The Kier molecular flexibility index (Phi) is 2.78. The number of pyridine rings is 1. The van der Waals surface area contributed by atoms with Gasteiger partial charge in [-0.25, -0.2) is 0 Å². The van der Waals surface area contributed by atoms with Crippen molar-refractivity contribution in [1.29, 1.82) is 0 Å². The smallest absolute Gasteiger partial charge is 0.119 e. The van der Waals surface area contributed by atoms with Gasteiger partial charge in [0.25, 0.3) is 0 Å². The van der Waals surface area contributed by atoms with Crippen molar-refractivity contribution in [1.82, 2.24) is 23.5 Å². The molecule has 0 bridgehead atoms. The van der Waals surface area contributed by atoms with Crippen molar-refractivity contribution in [2.24, 2.45) is 0 Å². The van der Waals surface area contributed by atoms with Gasteiger partial charge in [0, 0.05) is 24.0 Å². The summed E-state index contributed by atoms with van der Waals surface area (Å²) in [6, 6.07) is 12.2. The normalized spacial score (nSPS) is 13.6. The van der Waals surface area contributed by atoms with E-state index in [1.54, 1.807) is 0 Å². The predicted octanol–water partition coefficient (Wildman–Crippen LogP) is 3.56. The molecule has 1 aromatic carbocycles. The van der Waals surface area contributed by atoms with E-state index in [4.69, 9.17) is 5.10 Å². The van der Waals surface area contributed by atoms with E-state index in [-0.39, 0.29) is 0 Å². The lowest BCUT2D eigenvalue weighted by Gasteiger charge is -2.05. The van der Waals surface area contributed by atoms with Crippen LogP contribution < -0.4 is 0 Å². The molecule has 4 aromatic rings. The van der Waals surface area contributed by atoms with Crippen molar-refractivity contribution in [3.63, 3.8) is 0 Å². The Balaban J connectivity index is 1.78. The molecule has 5 rings (SSSR count). The molecule has 0 N–H and O–H groups in total. The Labute approximate surface area is 137 Å². The van der Waals surface area contributed by atoms with Crippen molar-refractivity contribution < 1.29 is 0 Å². The zero-order valence-corrected chi connectivity index (χ0v) is 13.1. The van der Waals surface area contributed by atoms with Crippen LogP contribution in [0, 0.1) is 0 Å². The van der Waals surface area contributed by atoms with E-state index >= 15 is 0 Å². The molecule has 0 spiro atoms. The minimum absolute atomic E-state index is 0.917. The third-order valence-corrected chi connectivity index (χ3v) is 4.85. The van der Waals surface area contributed by atoms with Gasteiger partial charge in [-0.15, -0.1) is 0 Å². The lowest BCUT2D eigenvalue weighted by molar-refractivity contribution is 0.658. The number of nitrogens with zero attached hydrogens (tertiary/aromatic N) is 5. The van der Waals surface area contributed by atoms with Gasteiger partial charge in [-0.2, -0.15) is 13.8 Å². The fraction of sp³-hybridized carbons (Fsp3) is 0.176. The number of hydrogen-bond acceptors (Lipinski definition) is 5. The molecule has 6 heteroatoms. The van der Waals surface area contributed by atoms with E-state index in [1.807, 2.05) is 30.5 Å². The SMILES string of the molecule is c1ccc(-c2nn3c(c2-c2ccc4nsnc4c2)CCC3)nc1. The third kappa shape index (κ3) is 1.98. The molecule has 3 aromatic heterocycles. The lowest BCUT2D eigenvalue weighted by atomic mass is 9.99. The highest BCUT2D eigenvalue weighted by atomic mass is 32.1. The second kappa shape index (κ2) is 4.96. The molecule has 0 unspecified atom stereocenters. The van der Waals surface area contributed by atoms with E-state index in [1.165, 1.54) is 23.0 Å². The summed E-state index contributed by atoms with van der Waals surface area (Å²) >= 11 is 1.25. The van der Waals surface area contributed by atoms with E-state index < -0.39 is 0 Å². The summed E-state index contributed by atoms with van der Waals surface area (Å²) in [6.07, 6.45) is 4.03. The first-order valence-electron chi connectivity index (χ1n) is 7.64. The topological polar surface area (TPSA) is 56.5 Å². The molecule has 23 heavy (non-hydrogen) atoms. The molecular formula is C17H13N5S. The van der Waals surface area contributed by atoms with Crippen LogP contribution >= 0.6 is 11.7 Å². The van der Waals surface area contributed by atoms with Crippen LogP contribution in [0.5, 0.6) is 0 Å². The number of fused-ring (bicyclic) bond motifs is 2. The van der Waals surface area contributed by atoms with Gasteiger partial charge >= 0.3 is 0 Å². The molecule has 1 aliphatic heterocycles. The Morgan fingerprint density at radius 3 is 2.91 bits per heavy atom. The maximum atomic E-state index is 4.83. The Morgan fingerprint density at radius 2 is 2.00 bits per heavy atom. The summed E-state index contributed by atoms with van der Waals surface area (Å²) in [5.74, 6) is 0. The first kappa shape index (κ1) is 12.9. The molecule has 1 aliphatic rings. The quantitative estimate of drug-likeness (QED) is 0.567. The second-order valence-corrected chi connectivity index (χ2v) is 6.21. The van der Waals surface area contributed by atoms with Crippen molar-refractivity contribution in [3.8, 4) is 22.5 Å². The highest BCUT2D eigenvalue weighted by Crippen LogP contribution is 2.37.